The molecule has 1 N–H and O–H groups in total. The molecule has 2 heterocycles. The van der Waals surface area contributed by atoms with Crippen LogP contribution in [0.2, 0.25) is 0 Å². The number of rotatable bonds is 4. The van der Waals surface area contributed by atoms with Crippen LogP contribution in [0.4, 0.5) is 0 Å². The van der Waals surface area contributed by atoms with Crippen molar-refractivity contribution in [2.45, 2.75) is 24.0 Å². The molecular formula is C11H18N2O4S. The number of ether oxygens (including phenoxy) is 1. The molecule has 7 heteroatoms. The molecule has 1 saturated heterocycles. The van der Waals surface area contributed by atoms with Crippen LogP contribution in [0.5, 0.6) is 0 Å². The highest BCUT2D eigenvalue weighted by molar-refractivity contribution is 7.89. The maximum Gasteiger partial charge on any atom is 0.244 e. The third kappa shape index (κ3) is 2.31. The second-order valence-electron chi connectivity index (χ2n) is 4.47. The molecular weight excluding hydrogens is 256 g/mol. The number of aliphatic hydroxyl groups excluding tert-OH is 1. The molecule has 0 bridgehead atoms. The number of nitrogens with zero attached hydrogens (tertiary/aromatic N) is 2. The van der Waals surface area contributed by atoms with E-state index in [0.717, 1.165) is 6.42 Å². The topological polar surface area (TPSA) is 71.8 Å². The molecule has 0 spiro atoms. The van der Waals surface area contributed by atoms with E-state index in [1.165, 1.54) is 16.6 Å². The zero-order valence-electron chi connectivity index (χ0n) is 10.5. The Kier molecular flexibility index (Phi) is 3.76. The van der Waals surface area contributed by atoms with Crippen LogP contribution in [0.1, 0.15) is 12.1 Å². The summed E-state index contributed by atoms with van der Waals surface area (Å²) in [5, 5.41) is 9.10. The standard InChI is InChI=1S/C11H18N2O4S/c1-12-6-11(5-10(12)7-14)18(15,16)13(2)9-3-4-17-8-9/h5-6,9,14H,3-4,7-8H2,1-2H3. The smallest absolute Gasteiger partial charge is 0.244 e. The van der Waals surface area contributed by atoms with E-state index >= 15 is 0 Å². The van der Waals surface area contributed by atoms with E-state index in [2.05, 4.69) is 0 Å². The summed E-state index contributed by atoms with van der Waals surface area (Å²) in [5.41, 5.74) is 0.574. The fourth-order valence-corrected chi connectivity index (χ4v) is 3.51. The van der Waals surface area contributed by atoms with Gasteiger partial charge >= 0.3 is 0 Å². The van der Waals surface area contributed by atoms with Crippen molar-refractivity contribution >= 4 is 10.0 Å². The average molecular weight is 274 g/mol. The van der Waals surface area contributed by atoms with Crippen molar-refractivity contribution in [2.75, 3.05) is 20.3 Å². The predicted octanol–water partition coefficient (Wildman–Crippen LogP) is -0.0732. The van der Waals surface area contributed by atoms with Crippen molar-refractivity contribution in [3.8, 4) is 0 Å². The second-order valence-corrected chi connectivity index (χ2v) is 6.47. The average Bonchev–Trinajstić information content (AvgIpc) is 2.96. The molecule has 1 aliphatic heterocycles. The van der Waals surface area contributed by atoms with Crippen molar-refractivity contribution in [1.82, 2.24) is 8.87 Å². The molecule has 1 atom stereocenters. The van der Waals surface area contributed by atoms with Crippen LogP contribution in [0.3, 0.4) is 0 Å². The van der Waals surface area contributed by atoms with Crippen LogP contribution >= 0.6 is 0 Å². The maximum atomic E-state index is 12.4. The molecule has 0 aromatic carbocycles. The Hall–Kier alpha value is -0.890. The summed E-state index contributed by atoms with van der Waals surface area (Å²) in [5.74, 6) is 0. The van der Waals surface area contributed by atoms with Crippen molar-refractivity contribution < 1.29 is 18.3 Å². The number of aliphatic hydroxyl groups is 1. The van der Waals surface area contributed by atoms with Gasteiger partial charge in [0.2, 0.25) is 10.0 Å². The molecule has 2 rings (SSSR count). The van der Waals surface area contributed by atoms with Gasteiger partial charge in [-0.15, -0.1) is 0 Å². The van der Waals surface area contributed by atoms with Crippen LogP contribution in [-0.2, 0) is 28.4 Å². The summed E-state index contributed by atoms with van der Waals surface area (Å²) in [4.78, 5) is 0.212. The van der Waals surface area contributed by atoms with Gasteiger partial charge in [-0.3, -0.25) is 0 Å². The minimum atomic E-state index is -3.51. The van der Waals surface area contributed by atoms with Gasteiger partial charge in [0.05, 0.1) is 19.3 Å². The highest BCUT2D eigenvalue weighted by Crippen LogP contribution is 2.22. The van der Waals surface area contributed by atoms with E-state index in [1.54, 1.807) is 18.7 Å². The lowest BCUT2D eigenvalue weighted by Crippen LogP contribution is -2.37. The number of likely N-dealkylation sites (N-methyl/N-ethyl adjacent to an activating group) is 1. The predicted molar refractivity (Wildman–Crippen MR) is 65.5 cm³/mol. The van der Waals surface area contributed by atoms with E-state index < -0.39 is 10.0 Å². The van der Waals surface area contributed by atoms with Crippen LogP contribution in [0.15, 0.2) is 17.2 Å². The van der Waals surface area contributed by atoms with E-state index in [1.807, 2.05) is 0 Å². The van der Waals surface area contributed by atoms with E-state index in [0.29, 0.717) is 18.9 Å². The third-order valence-electron chi connectivity index (χ3n) is 3.34. The minimum absolute atomic E-state index is 0.104. The Morgan fingerprint density at radius 1 is 1.61 bits per heavy atom. The van der Waals surface area contributed by atoms with E-state index in [4.69, 9.17) is 9.84 Å². The Labute approximate surface area is 107 Å². The summed E-state index contributed by atoms with van der Waals surface area (Å²) in [6.07, 6.45) is 2.24. The Bertz CT molecular complexity index is 517. The molecule has 0 radical (unpaired) electrons. The van der Waals surface area contributed by atoms with E-state index in [9.17, 15) is 8.42 Å². The minimum Gasteiger partial charge on any atom is -0.390 e. The number of hydrogen-bond donors (Lipinski definition) is 1. The number of aromatic nitrogens is 1. The van der Waals surface area contributed by atoms with Gasteiger partial charge in [-0.05, 0) is 12.5 Å². The molecule has 102 valence electrons. The first-order valence-electron chi connectivity index (χ1n) is 5.78. The molecule has 0 aliphatic carbocycles. The lowest BCUT2D eigenvalue weighted by Gasteiger charge is -2.21. The van der Waals surface area contributed by atoms with Crippen molar-refractivity contribution in [3.63, 3.8) is 0 Å². The van der Waals surface area contributed by atoms with Gasteiger partial charge in [-0.2, -0.15) is 4.31 Å². The number of sulfonamides is 1. The van der Waals surface area contributed by atoms with Crippen LogP contribution in [0.25, 0.3) is 0 Å². The first kappa shape index (κ1) is 13.5. The van der Waals surface area contributed by atoms with E-state index in [-0.39, 0.29) is 17.5 Å². The van der Waals surface area contributed by atoms with Crippen LogP contribution in [-0.4, -0.2) is 48.7 Å². The highest BCUT2D eigenvalue weighted by Gasteiger charge is 2.31. The third-order valence-corrected chi connectivity index (χ3v) is 5.22. The van der Waals surface area contributed by atoms with Gasteiger partial charge in [-0.25, -0.2) is 8.42 Å². The maximum absolute atomic E-state index is 12.4. The molecule has 1 aliphatic rings. The molecule has 0 amide bonds. The summed E-state index contributed by atoms with van der Waals surface area (Å²) < 4.78 is 32.9. The van der Waals surface area contributed by atoms with Gasteiger partial charge in [0.1, 0.15) is 4.90 Å². The fraction of sp³-hybridized carbons (Fsp3) is 0.636. The number of aryl methyl sites for hydroxylation is 1. The van der Waals surface area contributed by atoms with Gasteiger partial charge in [-0.1, -0.05) is 0 Å². The highest BCUT2D eigenvalue weighted by atomic mass is 32.2. The monoisotopic (exact) mass is 274 g/mol. The summed E-state index contributed by atoms with van der Waals surface area (Å²) in [6.45, 7) is 0.860. The van der Waals surface area contributed by atoms with Crippen molar-refractivity contribution in [1.29, 1.82) is 0 Å². The molecule has 1 aromatic heterocycles. The Morgan fingerprint density at radius 3 is 2.83 bits per heavy atom. The molecule has 0 saturated carbocycles. The molecule has 1 fully saturated rings. The first-order chi connectivity index (χ1) is 8.46. The summed E-state index contributed by atoms with van der Waals surface area (Å²) in [7, 11) is -0.231. The first-order valence-corrected chi connectivity index (χ1v) is 7.22. The van der Waals surface area contributed by atoms with Crippen molar-refractivity contribution in [2.24, 2.45) is 7.05 Å². The Morgan fingerprint density at radius 2 is 2.33 bits per heavy atom. The largest absolute Gasteiger partial charge is 0.390 e. The van der Waals surface area contributed by atoms with Crippen LogP contribution < -0.4 is 0 Å². The van der Waals surface area contributed by atoms with Gasteiger partial charge in [0, 0.05) is 32.6 Å². The lowest BCUT2D eigenvalue weighted by molar-refractivity contribution is 0.181. The van der Waals surface area contributed by atoms with Gasteiger partial charge in [0.25, 0.3) is 0 Å². The molecule has 18 heavy (non-hydrogen) atoms. The molecule has 1 unspecified atom stereocenters. The van der Waals surface area contributed by atoms with Crippen molar-refractivity contribution in [3.05, 3.63) is 18.0 Å². The normalized spacial score (nSPS) is 20.8. The lowest BCUT2D eigenvalue weighted by atomic mass is 10.3. The van der Waals surface area contributed by atoms with Crippen LogP contribution in [0, 0.1) is 0 Å². The fourth-order valence-electron chi connectivity index (χ4n) is 2.05. The van der Waals surface area contributed by atoms with Gasteiger partial charge in [0.15, 0.2) is 0 Å². The zero-order valence-corrected chi connectivity index (χ0v) is 11.4. The summed E-state index contributed by atoms with van der Waals surface area (Å²) in [6, 6.07) is 1.40. The van der Waals surface area contributed by atoms with Gasteiger partial charge < -0.3 is 14.4 Å². The SMILES string of the molecule is CN(C1CCOC1)S(=O)(=O)c1cc(CO)n(C)c1. The number of hydrogen-bond acceptors (Lipinski definition) is 4. The molecule has 6 nitrogen and oxygen atoms in total. The second kappa shape index (κ2) is 5.00. The molecule has 1 aromatic rings. The summed E-state index contributed by atoms with van der Waals surface area (Å²) >= 11 is 0. The zero-order chi connectivity index (χ0) is 13.3. The Balaban J connectivity index is 2.28. The quantitative estimate of drug-likeness (QED) is 0.834.